The van der Waals surface area contributed by atoms with Crippen LogP contribution >= 0.6 is 0 Å². The maximum Gasteiger partial charge on any atom is 0.137 e. The van der Waals surface area contributed by atoms with Crippen molar-refractivity contribution in [3.05, 3.63) is 37.2 Å². The number of rotatable bonds is 9. The summed E-state index contributed by atoms with van der Waals surface area (Å²) < 4.78 is 7.39. The summed E-state index contributed by atoms with van der Waals surface area (Å²) in [5.41, 5.74) is 0. The Morgan fingerprint density at radius 3 is 2.82 bits per heavy atom. The smallest absolute Gasteiger partial charge is 0.137 e. The number of aliphatic hydroxyl groups excluding tert-OH is 1. The van der Waals surface area contributed by atoms with Gasteiger partial charge in [-0.3, -0.25) is 4.98 Å². The Bertz CT molecular complexity index is 516. The van der Waals surface area contributed by atoms with E-state index < -0.39 is 6.10 Å². The molecular formula is C16H24N4O2. The minimum atomic E-state index is -0.430. The van der Waals surface area contributed by atoms with Crippen LogP contribution in [0.4, 0.5) is 0 Å². The standard InChI is InChI=1S/C16H24N4O2/c1-13(2)9-16(21)15(20-12-18-11-19-20)6-4-8-22-14-5-3-7-17-10-14/h3,5,7,10-13,15-16,21H,4,6,8-9H2,1-2H3. The Labute approximate surface area is 131 Å². The SMILES string of the molecule is CC(C)CC(O)C(CCCOc1cccnc1)n1cncn1. The van der Waals surface area contributed by atoms with Crippen LogP contribution in [0.15, 0.2) is 37.2 Å². The molecule has 6 heteroatoms. The predicted molar refractivity (Wildman–Crippen MR) is 83.5 cm³/mol. The van der Waals surface area contributed by atoms with E-state index in [4.69, 9.17) is 4.74 Å². The van der Waals surface area contributed by atoms with Gasteiger partial charge in [-0.2, -0.15) is 5.10 Å². The average Bonchev–Trinajstić information content (AvgIpc) is 3.01. The molecule has 0 spiro atoms. The first kappa shape index (κ1) is 16.4. The third kappa shape index (κ3) is 5.11. The number of hydrogen-bond donors (Lipinski definition) is 1. The number of pyridine rings is 1. The van der Waals surface area contributed by atoms with Crippen LogP contribution in [0.3, 0.4) is 0 Å². The molecule has 0 saturated heterocycles. The highest BCUT2D eigenvalue weighted by molar-refractivity contribution is 5.15. The maximum absolute atomic E-state index is 10.4. The summed E-state index contributed by atoms with van der Waals surface area (Å²) in [7, 11) is 0. The van der Waals surface area contributed by atoms with Gasteiger partial charge < -0.3 is 9.84 Å². The first-order valence-electron chi connectivity index (χ1n) is 7.72. The van der Waals surface area contributed by atoms with Crippen molar-refractivity contribution in [1.82, 2.24) is 19.7 Å². The van der Waals surface area contributed by atoms with Crippen LogP contribution in [0, 0.1) is 5.92 Å². The van der Waals surface area contributed by atoms with Crippen molar-refractivity contribution in [2.24, 2.45) is 5.92 Å². The average molecular weight is 304 g/mol. The molecule has 1 N–H and O–H groups in total. The Hall–Kier alpha value is -1.95. The van der Waals surface area contributed by atoms with Gasteiger partial charge in [0.15, 0.2) is 0 Å². The van der Waals surface area contributed by atoms with Crippen LogP contribution in [-0.2, 0) is 0 Å². The van der Waals surface area contributed by atoms with E-state index in [1.54, 1.807) is 23.4 Å². The monoisotopic (exact) mass is 304 g/mol. The maximum atomic E-state index is 10.4. The molecule has 2 atom stereocenters. The van der Waals surface area contributed by atoms with E-state index in [2.05, 4.69) is 28.9 Å². The Morgan fingerprint density at radius 1 is 1.32 bits per heavy atom. The second-order valence-corrected chi connectivity index (χ2v) is 5.82. The van der Waals surface area contributed by atoms with Crippen molar-refractivity contribution in [2.75, 3.05) is 6.61 Å². The number of nitrogens with zero attached hydrogens (tertiary/aromatic N) is 4. The fourth-order valence-electron chi connectivity index (χ4n) is 2.44. The fraction of sp³-hybridized carbons (Fsp3) is 0.562. The molecule has 2 aromatic rings. The first-order valence-corrected chi connectivity index (χ1v) is 7.72. The van der Waals surface area contributed by atoms with Crippen molar-refractivity contribution in [2.45, 2.75) is 45.3 Å². The van der Waals surface area contributed by atoms with Gasteiger partial charge in [0, 0.05) is 6.20 Å². The van der Waals surface area contributed by atoms with Crippen molar-refractivity contribution in [1.29, 1.82) is 0 Å². The molecule has 0 saturated carbocycles. The second-order valence-electron chi connectivity index (χ2n) is 5.82. The highest BCUT2D eigenvalue weighted by Crippen LogP contribution is 2.22. The van der Waals surface area contributed by atoms with Gasteiger partial charge in [0.25, 0.3) is 0 Å². The third-order valence-corrected chi connectivity index (χ3v) is 3.48. The molecule has 0 fully saturated rings. The molecule has 0 amide bonds. The van der Waals surface area contributed by atoms with E-state index in [9.17, 15) is 5.11 Å². The van der Waals surface area contributed by atoms with E-state index in [-0.39, 0.29) is 6.04 Å². The molecule has 0 aliphatic rings. The topological polar surface area (TPSA) is 73.1 Å². The summed E-state index contributed by atoms with van der Waals surface area (Å²) in [6, 6.07) is 3.66. The van der Waals surface area contributed by atoms with Gasteiger partial charge >= 0.3 is 0 Å². The van der Waals surface area contributed by atoms with Crippen molar-refractivity contribution < 1.29 is 9.84 Å². The molecule has 0 aliphatic heterocycles. The van der Waals surface area contributed by atoms with Crippen molar-refractivity contribution in [3.8, 4) is 5.75 Å². The van der Waals surface area contributed by atoms with Crippen LogP contribution < -0.4 is 4.74 Å². The lowest BCUT2D eigenvalue weighted by atomic mass is 9.97. The van der Waals surface area contributed by atoms with Crippen molar-refractivity contribution in [3.63, 3.8) is 0 Å². The van der Waals surface area contributed by atoms with Gasteiger partial charge in [-0.15, -0.1) is 0 Å². The van der Waals surface area contributed by atoms with E-state index in [0.717, 1.165) is 25.0 Å². The summed E-state index contributed by atoms with van der Waals surface area (Å²) in [6.45, 7) is 4.80. The van der Waals surface area contributed by atoms with E-state index in [1.165, 1.54) is 6.33 Å². The molecule has 2 aromatic heterocycles. The fourth-order valence-corrected chi connectivity index (χ4v) is 2.44. The zero-order valence-corrected chi connectivity index (χ0v) is 13.2. The predicted octanol–water partition coefficient (Wildman–Crippen LogP) is 2.48. The lowest BCUT2D eigenvalue weighted by Gasteiger charge is -2.24. The van der Waals surface area contributed by atoms with E-state index in [1.807, 2.05) is 12.1 Å². The zero-order valence-electron chi connectivity index (χ0n) is 13.2. The summed E-state index contributed by atoms with van der Waals surface area (Å²) in [6.07, 6.45) is 8.51. The summed E-state index contributed by atoms with van der Waals surface area (Å²) in [5, 5.41) is 14.6. The molecule has 0 radical (unpaired) electrons. The normalized spacial score (nSPS) is 14.0. The Morgan fingerprint density at radius 2 is 2.18 bits per heavy atom. The summed E-state index contributed by atoms with van der Waals surface area (Å²) >= 11 is 0. The molecule has 0 aromatic carbocycles. The third-order valence-electron chi connectivity index (χ3n) is 3.48. The molecule has 22 heavy (non-hydrogen) atoms. The van der Waals surface area contributed by atoms with Gasteiger partial charge in [-0.1, -0.05) is 13.8 Å². The zero-order chi connectivity index (χ0) is 15.8. The molecule has 0 aliphatic carbocycles. The highest BCUT2D eigenvalue weighted by Gasteiger charge is 2.22. The molecule has 0 bridgehead atoms. The molecule has 2 heterocycles. The van der Waals surface area contributed by atoms with Crippen LogP contribution in [0.2, 0.25) is 0 Å². The van der Waals surface area contributed by atoms with Gasteiger partial charge in [-0.05, 0) is 37.3 Å². The molecule has 6 nitrogen and oxygen atoms in total. The summed E-state index contributed by atoms with van der Waals surface area (Å²) in [4.78, 5) is 7.99. The van der Waals surface area contributed by atoms with Gasteiger partial charge in [0.1, 0.15) is 18.4 Å². The largest absolute Gasteiger partial charge is 0.492 e. The lowest BCUT2D eigenvalue weighted by molar-refractivity contribution is 0.0773. The van der Waals surface area contributed by atoms with Gasteiger partial charge in [-0.25, -0.2) is 9.67 Å². The Kier molecular flexibility index (Phi) is 6.33. The van der Waals surface area contributed by atoms with Crippen LogP contribution in [-0.4, -0.2) is 37.6 Å². The summed E-state index contributed by atoms with van der Waals surface area (Å²) in [5.74, 6) is 1.20. The van der Waals surface area contributed by atoms with Crippen LogP contribution in [0.25, 0.3) is 0 Å². The van der Waals surface area contributed by atoms with Crippen LogP contribution in [0.1, 0.15) is 39.2 Å². The lowest BCUT2D eigenvalue weighted by Crippen LogP contribution is -2.26. The highest BCUT2D eigenvalue weighted by atomic mass is 16.5. The Balaban J connectivity index is 1.84. The minimum Gasteiger partial charge on any atom is -0.492 e. The van der Waals surface area contributed by atoms with Crippen molar-refractivity contribution >= 4 is 0 Å². The molecule has 2 unspecified atom stereocenters. The van der Waals surface area contributed by atoms with E-state index in [0.29, 0.717) is 12.5 Å². The van der Waals surface area contributed by atoms with Gasteiger partial charge in [0.2, 0.25) is 0 Å². The molecule has 2 rings (SSSR count). The number of aromatic nitrogens is 4. The van der Waals surface area contributed by atoms with Crippen LogP contribution in [0.5, 0.6) is 5.75 Å². The second kappa shape index (κ2) is 8.48. The number of ether oxygens (including phenoxy) is 1. The number of hydrogen-bond acceptors (Lipinski definition) is 5. The molecular weight excluding hydrogens is 280 g/mol. The first-order chi connectivity index (χ1) is 10.7. The van der Waals surface area contributed by atoms with E-state index >= 15 is 0 Å². The molecule has 120 valence electrons. The quantitative estimate of drug-likeness (QED) is 0.720. The minimum absolute atomic E-state index is 0.0672. The number of aliphatic hydroxyl groups is 1. The van der Waals surface area contributed by atoms with Gasteiger partial charge in [0.05, 0.1) is 24.9 Å².